The third-order valence-corrected chi connectivity index (χ3v) is 3.39. The number of anilines is 2. The van der Waals surface area contributed by atoms with Crippen molar-refractivity contribution < 1.29 is 0 Å². The zero-order valence-corrected chi connectivity index (χ0v) is 12.1. The lowest BCUT2D eigenvalue weighted by molar-refractivity contribution is 0.178. The highest BCUT2D eigenvalue weighted by Gasteiger charge is 2.15. The molecule has 6 nitrogen and oxygen atoms in total. The molecule has 106 valence electrons. The quantitative estimate of drug-likeness (QED) is 0.833. The minimum atomic E-state index is 0.901. The lowest BCUT2D eigenvalue weighted by atomic mass is 10.3. The Bertz CT molecular complexity index is 400. The van der Waals surface area contributed by atoms with E-state index in [2.05, 4.69) is 51.5 Å². The second-order valence-electron chi connectivity index (χ2n) is 5.02. The van der Waals surface area contributed by atoms with Gasteiger partial charge in [0.05, 0.1) is 0 Å². The summed E-state index contributed by atoms with van der Waals surface area (Å²) in [6, 6.07) is 0. The van der Waals surface area contributed by atoms with Gasteiger partial charge in [0.25, 0.3) is 0 Å². The molecule has 1 aromatic heterocycles. The zero-order valence-electron chi connectivity index (χ0n) is 12.1. The molecule has 0 saturated carbocycles. The summed E-state index contributed by atoms with van der Waals surface area (Å²) >= 11 is 0. The summed E-state index contributed by atoms with van der Waals surface area (Å²) in [5, 5.41) is 5.55. The van der Waals surface area contributed by atoms with Crippen LogP contribution in [0.25, 0.3) is 0 Å². The number of nitrogens with zero attached hydrogens (tertiary/aromatic N) is 4. The molecule has 1 saturated heterocycles. The Morgan fingerprint density at radius 3 is 2.53 bits per heavy atom. The maximum Gasteiger partial charge on any atom is 0.148 e. The third kappa shape index (κ3) is 3.78. The van der Waals surface area contributed by atoms with Crippen molar-refractivity contribution in [2.45, 2.75) is 20.3 Å². The highest BCUT2D eigenvalue weighted by molar-refractivity contribution is 5.55. The maximum atomic E-state index is 4.34. The molecule has 1 aromatic rings. The van der Waals surface area contributed by atoms with Gasteiger partial charge in [0.15, 0.2) is 0 Å². The van der Waals surface area contributed by atoms with Crippen molar-refractivity contribution in [3.05, 3.63) is 11.9 Å². The van der Waals surface area contributed by atoms with Gasteiger partial charge in [0.2, 0.25) is 0 Å². The summed E-state index contributed by atoms with van der Waals surface area (Å²) in [6.07, 6.45) is 2.70. The van der Waals surface area contributed by atoms with Gasteiger partial charge < -0.3 is 15.6 Å². The molecule has 0 atom stereocenters. The molecule has 0 aliphatic carbocycles. The van der Waals surface area contributed by atoms with Crippen LogP contribution in [0.3, 0.4) is 0 Å². The number of hydrogen-bond acceptors (Lipinski definition) is 6. The molecule has 2 N–H and O–H groups in total. The molecule has 19 heavy (non-hydrogen) atoms. The van der Waals surface area contributed by atoms with Gasteiger partial charge in [-0.2, -0.15) is 0 Å². The molecule has 1 aliphatic rings. The minimum Gasteiger partial charge on any atom is -0.370 e. The average Bonchev–Trinajstić information content (AvgIpc) is 2.42. The number of piperazine rings is 1. The van der Waals surface area contributed by atoms with Crippen LogP contribution in [0, 0.1) is 6.92 Å². The van der Waals surface area contributed by atoms with E-state index in [0.717, 1.165) is 56.3 Å². The Morgan fingerprint density at radius 2 is 1.84 bits per heavy atom. The first-order chi connectivity index (χ1) is 9.20. The Balaban J connectivity index is 1.99. The molecule has 0 amide bonds. The van der Waals surface area contributed by atoms with Crippen LogP contribution in [-0.2, 0) is 0 Å². The van der Waals surface area contributed by atoms with Crippen LogP contribution in [0.1, 0.15) is 18.9 Å². The lowest BCUT2D eigenvalue weighted by Gasteiger charge is -2.33. The van der Waals surface area contributed by atoms with Crippen LogP contribution >= 0.6 is 0 Å². The zero-order chi connectivity index (χ0) is 13.7. The highest BCUT2D eigenvalue weighted by Crippen LogP contribution is 2.18. The van der Waals surface area contributed by atoms with E-state index in [4.69, 9.17) is 0 Å². The SMILES string of the molecule is CCCNc1ncnc(NN2CCN(C)CC2)c1C. The van der Waals surface area contributed by atoms with Crippen LogP contribution in [0.5, 0.6) is 0 Å². The molecule has 0 aromatic carbocycles. The Kier molecular flexibility index (Phi) is 4.93. The van der Waals surface area contributed by atoms with E-state index in [-0.39, 0.29) is 0 Å². The van der Waals surface area contributed by atoms with Crippen LogP contribution in [0.2, 0.25) is 0 Å². The van der Waals surface area contributed by atoms with Crippen LogP contribution in [-0.4, -0.2) is 59.6 Å². The molecular weight excluding hydrogens is 240 g/mol. The fourth-order valence-electron chi connectivity index (χ4n) is 2.05. The molecular formula is C13H24N6. The summed E-state index contributed by atoms with van der Waals surface area (Å²) in [7, 11) is 2.15. The standard InChI is InChI=1S/C13H24N6/c1-4-5-14-12-11(2)13(16-10-15-12)17-19-8-6-18(3)7-9-19/h10H,4-9H2,1-3H3,(H2,14,15,16,17). The van der Waals surface area contributed by atoms with Gasteiger partial charge in [-0.15, -0.1) is 0 Å². The van der Waals surface area contributed by atoms with Gasteiger partial charge in [0.1, 0.15) is 18.0 Å². The molecule has 6 heteroatoms. The summed E-state index contributed by atoms with van der Waals surface area (Å²) in [4.78, 5) is 11.0. The molecule has 0 spiro atoms. The van der Waals surface area contributed by atoms with Crippen molar-refractivity contribution in [1.82, 2.24) is 19.9 Å². The first-order valence-electron chi connectivity index (χ1n) is 6.96. The minimum absolute atomic E-state index is 0.901. The average molecular weight is 264 g/mol. The first-order valence-corrected chi connectivity index (χ1v) is 6.96. The number of rotatable bonds is 5. The predicted molar refractivity (Wildman–Crippen MR) is 78.2 cm³/mol. The van der Waals surface area contributed by atoms with Crippen molar-refractivity contribution in [1.29, 1.82) is 0 Å². The van der Waals surface area contributed by atoms with Crippen LogP contribution in [0.15, 0.2) is 6.33 Å². The second-order valence-corrected chi connectivity index (χ2v) is 5.02. The summed E-state index contributed by atoms with van der Waals surface area (Å²) in [6.45, 7) is 9.32. The van der Waals surface area contributed by atoms with Crippen LogP contribution in [0.4, 0.5) is 11.6 Å². The van der Waals surface area contributed by atoms with Gasteiger partial charge >= 0.3 is 0 Å². The first kappa shape index (κ1) is 14.0. The van der Waals surface area contributed by atoms with E-state index in [9.17, 15) is 0 Å². The van der Waals surface area contributed by atoms with Gasteiger partial charge in [-0.3, -0.25) is 0 Å². The van der Waals surface area contributed by atoms with E-state index < -0.39 is 0 Å². The van der Waals surface area contributed by atoms with Crippen LogP contribution < -0.4 is 10.7 Å². The molecule has 1 fully saturated rings. The number of hydrazine groups is 1. The maximum absolute atomic E-state index is 4.34. The topological polar surface area (TPSA) is 56.3 Å². The van der Waals surface area contributed by atoms with E-state index in [1.807, 2.05) is 0 Å². The molecule has 0 bridgehead atoms. The summed E-state index contributed by atoms with van der Waals surface area (Å²) in [5.74, 6) is 1.83. The van der Waals surface area contributed by atoms with Gasteiger partial charge in [-0.05, 0) is 20.4 Å². The smallest absolute Gasteiger partial charge is 0.148 e. The second kappa shape index (κ2) is 6.68. The Morgan fingerprint density at radius 1 is 1.16 bits per heavy atom. The fraction of sp³-hybridized carbons (Fsp3) is 0.692. The number of nitrogens with one attached hydrogen (secondary N) is 2. The van der Waals surface area contributed by atoms with Gasteiger partial charge in [0, 0.05) is 38.3 Å². The number of hydrogen-bond donors (Lipinski definition) is 2. The van der Waals surface area contributed by atoms with Crippen molar-refractivity contribution in [3.63, 3.8) is 0 Å². The predicted octanol–water partition coefficient (Wildman–Crippen LogP) is 1.18. The molecule has 1 aliphatic heterocycles. The Labute approximate surface area is 115 Å². The van der Waals surface area contributed by atoms with E-state index in [0.29, 0.717) is 0 Å². The summed E-state index contributed by atoms with van der Waals surface area (Å²) < 4.78 is 0. The Hall–Kier alpha value is -1.40. The largest absolute Gasteiger partial charge is 0.370 e. The summed E-state index contributed by atoms with van der Waals surface area (Å²) in [5.41, 5.74) is 4.48. The van der Waals surface area contributed by atoms with Crippen molar-refractivity contribution in [2.24, 2.45) is 0 Å². The molecule has 0 radical (unpaired) electrons. The van der Waals surface area contributed by atoms with E-state index >= 15 is 0 Å². The van der Waals surface area contributed by atoms with Crippen molar-refractivity contribution in [2.75, 3.05) is 50.5 Å². The van der Waals surface area contributed by atoms with Crippen molar-refractivity contribution in [3.8, 4) is 0 Å². The molecule has 0 unspecified atom stereocenters. The lowest BCUT2D eigenvalue weighted by Crippen LogP contribution is -2.47. The van der Waals surface area contributed by atoms with Crippen molar-refractivity contribution >= 4 is 11.6 Å². The fourth-order valence-corrected chi connectivity index (χ4v) is 2.05. The molecule has 2 rings (SSSR count). The van der Waals surface area contributed by atoms with Gasteiger partial charge in [-0.1, -0.05) is 6.92 Å². The number of likely N-dealkylation sites (N-methyl/N-ethyl adjacent to an activating group) is 1. The van der Waals surface area contributed by atoms with E-state index in [1.165, 1.54) is 0 Å². The normalized spacial score (nSPS) is 17.4. The van der Waals surface area contributed by atoms with E-state index in [1.54, 1.807) is 6.33 Å². The van der Waals surface area contributed by atoms with Gasteiger partial charge in [-0.25, -0.2) is 15.0 Å². The highest BCUT2D eigenvalue weighted by atomic mass is 15.5. The molecule has 2 heterocycles. The monoisotopic (exact) mass is 264 g/mol. The third-order valence-electron chi connectivity index (χ3n) is 3.39. The number of aromatic nitrogens is 2.